The Morgan fingerprint density at radius 1 is 1.40 bits per heavy atom. The molecule has 0 atom stereocenters. The first-order valence-corrected chi connectivity index (χ1v) is 5.27. The zero-order chi connectivity index (χ0) is 11.4. The van der Waals surface area contributed by atoms with Gasteiger partial charge < -0.3 is 9.84 Å². The van der Waals surface area contributed by atoms with E-state index in [1.165, 1.54) is 12.1 Å². The lowest BCUT2D eigenvalue weighted by atomic mass is 10.3. The van der Waals surface area contributed by atoms with Crippen LogP contribution in [0.3, 0.4) is 0 Å². The predicted octanol–water partition coefficient (Wildman–Crippen LogP) is 4.22. The lowest BCUT2D eigenvalue weighted by molar-refractivity contribution is 0.362. The van der Waals surface area contributed by atoms with Crippen LogP contribution in [0.4, 0.5) is 0 Å². The Morgan fingerprint density at radius 2 is 1.93 bits per heavy atom. The molecular weight excluding hydrogens is 258 g/mol. The van der Waals surface area contributed by atoms with Crippen LogP contribution in [0.1, 0.15) is 6.92 Å². The van der Waals surface area contributed by atoms with Crippen molar-refractivity contribution in [1.29, 1.82) is 0 Å². The first-order valence-electron chi connectivity index (χ1n) is 4.13. The summed E-state index contributed by atoms with van der Waals surface area (Å²) in [5.41, 5.74) is 0. The van der Waals surface area contributed by atoms with Crippen molar-refractivity contribution in [2.75, 3.05) is 6.61 Å². The highest BCUT2D eigenvalue weighted by atomic mass is 35.5. The molecule has 1 N–H and O–H groups in total. The summed E-state index contributed by atoms with van der Waals surface area (Å²) in [7, 11) is 0. The van der Waals surface area contributed by atoms with Crippen molar-refractivity contribution in [1.82, 2.24) is 0 Å². The summed E-state index contributed by atoms with van der Waals surface area (Å²) in [5, 5.41) is 10.3. The van der Waals surface area contributed by atoms with E-state index in [0.717, 1.165) is 0 Å². The Hall–Kier alpha value is -0.570. The van der Waals surface area contributed by atoms with E-state index >= 15 is 0 Å². The summed E-state index contributed by atoms with van der Waals surface area (Å²) >= 11 is 17.3. The average Bonchev–Trinajstić information content (AvgIpc) is 2.08. The number of benzene rings is 1. The Bertz CT molecular complexity index is 361. The Labute approximate surface area is 103 Å². The monoisotopic (exact) mass is 266 g/mol. The van der Waals surface area contributed by atoms with Gasteiger partial charge >= 0.3 is 0 Å². The van der Waals surface area contributed by atoms with Gasteiger partial charge in [-0.2, -0.15) is 0 Å². The van der Waals surface area contributed by atoms with Crippen LogP contribution in [0.5, 0.6) is 11.5 Å². The minimum atomic E-state index is 0.00131. The van der Waals surface area contributed by atoms with Crippen molar-refractivity contribution in [3.63, 3.8) is 0 Å². The van der Waals surface area contributed by atoms with Crippen molar-refractivity contribution < 1.29 is 9.84 Å². The molecule has 1 aromatic carbocycles. The second-order valence-electron chi connectivity index (χ2n) is 2.84. The third kappa shape index (κ3) is 3.82. The molecule has 0 saturated heterocycles. The van der Waals surface area contributed by atoms with E-state index in [9.17, 15) is 5.11 Å². The van der Waals surface area contributed by atoms with Gasteiger partial charge in [0.1, 0.15) is 12.4 Å². The number of halogens is 3. The molecule has 0 radical (unpaired) electrons. The number of aromatic hydroxyl groups is 1. The second-order valence-corrected chi connectivity index (χ2v) is 4.25. The normalized spacial score (nSPS) is 11.6. The van der Waals surface area contributed by atoms with Gasteiger partial charge in [-0.3, -0.25) is 0 Å². The van der Waals surface area contributed by atoms with Gasteiger partial charge in [0.25, 0.3) is 0 Å². The molecule has 1 rings (SSSR count). The van der Waals surface area contributed by atoms with Gasteiger partial charge in [0.2, 0.25) is 0 Å². The van der Waals surface area contributed by atoms with Crippen LogP contribution < -0.4 is 4.74 Å². The first kappa shape index (κ1) is 12.5. The van der Waals surface area contributed by atoms with E-state index in [4.69, 9.17) is 39.5 Å². The third-order valence-electron chi connectivity index (χ3n) is 1.58. The third-order valence-corrected chi connectivity index (χ3v) is 2.29. The maximum absolute atomic E-state index is 9.17. The molecule has 82 valence electrons. The number of allylic oxidation sites excluding steroid dienone is 1. The van der Waals surface area contributed by atoms with Crippen molar-refractivity contribution in [2.45, 2.75) is 6.92 Å². The maximum atomic E-state index is 9.17. The number of hydrogen-bond acceptors (Lipinski definition) is 2. The second kappa shape index (κ2) is 5.50. The predicted molar refractivity (Wildman–Crippen MR) is 63.2 cm³/mol. The Kier molecular flexibility index (Phi) is 4.58. The lowest BCUT2D eigenvalue weighted by Crippen LogP contribution is -1.95. The molecule has 5 heteroatoms. The fraction of sp³-hybridized carbons (Fsp3) is 0.200. The maximum Gasteiger partial charge on any atom is 0.157 e. The van der Waals surface area contributed by atoms with Crippen molar-refractivity contribution in [3.8, 4) is 11.5 Å². The molecule has 0 aliphatic rings. The highest BCUT2D eigenvalue weighted by Crippen LogP contribution is 2.36. The molecule has 1 aromatic rings. The fourth-order valence-electron chi connectivity index (χ4n) is 0.924. The molecule has 2 nitrogen and oxygen atoms in total. The smallest absolute Gasteiger partial charge is 0.157 e. The van der Waals surface area contributed by atoms with Crippen LogP contribution in [-0.2, 0) is 0 Å². The van der Waals surface area contributed by atoms with Crippen LogP contribution in [0.2, 0.25) is 10.0 Å². The lowest BCUT2D eigenvalue weighted by Gasteiger charge is -2.08. The fourth-order valence-corrected chi connectivity index (χ4v) is 1.57. The molecule has 0 unspecified atom stereocenters. The molecule has 0 aromatic heterocycles. The zero-order valence-corrected chi connectivity index (χ0v) is 10.2. The first-order chi connectivity index (χ1) is 7.00. The molecule has 0 fully saturated rings. The van der Waals surface area contributed by atoms with Gasteiger partial charge in [-0.1, -0.05) is 34.8 Å². The van der Waals surface area contributed by atoms with Gasteiger partial charge in [-0.05, 0) is 13.0 Å². The van der Waals surface area contributed by atoms with E-state index in [1.54, 1.807) is 13.0 Å². The summed E-state index contributed by atoms with van der Waals surface area (Å²) < 4.78 is 5.30. The zero-order valence-electron chi connectivity index (χ0n) is 7.93. The van der Waals surface area contributed by atoms with E-state index in [1.807, 2.05) is 0 Å². The molecule has 0 amide bonds. The van der Waals surface area contributed by atoms with E-state index in [-0.39, 0.29) is 22.4 Å². The topological polar surface area (TPSA) is 29.5 Å². The van der Waals surface area contributed by atoms with Crippen LogP contribution >= 0.6 is 34.8 Å². The number of rotatable bonds is 3. The number of phenols is 1. The van der Waals surface area contributed by atoms with Crippen molar-refractivity contribution >= 4 is 34.8 Å². The van der Waals surface area contributed by atoms with Gasteiger partial charge in [0, 0.05) is 17.2 Å². The molecule has 0 bridgehead atoms. The van der Waals surface area contributed by atoms with Crippen molar-refractivity contribution in [3.05, 3.63) is 33.3 Å². The quantitative estimate of drug-likeness (QED) is 0.888. The molecular formula is C10H9Cl3O2. The van der Waals surface area contributed by atoms with E-state index < -0.39 is 0 Å². The van der Waals surface area contributed by atoms with E-state index in [0.29, 0.717) is 10.8 Å². The van der Waals surface area contributed by atoms with Crippen molar-refractivity contribution in [2.24, 2.45) is 0 Å². The highest BCUT2D eigenvalue weighted by molar-refractivity contribution is 6.37. The summed E-state index contributed by atoms with van der Waals surface area (Å²) in [4.78, 5) is 0. The standard InChI is InChI=1S/C10H9Cl3O2/c1-6(11)2-3-15-10-8(12)4-7(14)5-9(10)13/h2,4-5,14H,3H2,1H3/b6-2-. The largest absolute Gasteiger partial charge is 0.508 e. The summed E-state index contributed by atoms with van der Waals surface area (Å²) in [6.45, 7) is 2.02. The molecule has 0 aliphatic heterocycles. The van der Waals surface area contributed by atoms with E-state index in [2.05, 4.69) is 0 Å². The minimum Gasteiger partial charge on any atom is -0.508 e. The van der Waals surface area contributed by atoms with Crippen LogP contribution in [-0.4, -0.2) is 11.7 Å². The average molecular weight is 268 g/mol. The van der Waals surface area contributed by atoms with Crippen LogP contribution in [0.25, 0.3) is 0 Å². The molecule has 15 heavy (non-hydrogen) atoms. The molecule has 0 spiro atoms. The number of phenolic OH excluding ortho intramolecular Hbond substituents is 1. The Balaban J connectivity index is 2.81. The van der Waals surface area contributed by atoms with Gasteiger partial charge in [0.15, 0.2) is 5.75 Å². The summed E-state index contributed by atoms with van der Waals surface area (Å²) in [6.07, 6.45) is 1.68. The number of ether oxygens (including phenoxy) is 1. The highest BCUT2D eigenvalue weighted by Gasteiger charge is 2.08. The summed E-state index contributed by atoms with van der Waals surface area (Å²) in [5.74, 6) is 0.340. The van der Waals surface area contributed by atoms with Gasteiger partial charge in [-0.15, -0.1) is 0 Å². The molecule has 0 heterocycles. The molecule has 0 saturated carbocycles. The summed E-state index contributed by atoms with van der Waals surface area (Å²) in [6, 6.07) is 2.72. The van der Waals surface area contributed by atoms with Crippen LogP contribution in [0.15, 0.2) is 23.2 Å². The Morgan fingerprint density at radius 3 is 2.40 bits per heavy atom. The minimum absolute atomic E-state index is 0.00131. The van der Waals surface area contributed by atoms with Crippen LogP contribution in [0, 0.1) is 0 Å². The van der Waals surface area contributed by atoms with Gasteiger partial charge in [0.05, 0.1) is 10.0 Å². The number of hydrogen-bond donors (Lipinski definition) is 1. The molecule has 0 aliphatic carbocycles. The van der Waals surface area contributed by atoms with Gasteiger partial charge in [-0.25, -0.2) is 0 Å². The SMILES string of the molecule is C/C(Cl)=C/COc1c(Cl)cc(O)cc1Cl.